The average Bonchev–Trinajstić information content (AvgIpc) is 3.00. The lowest BCUT2D eigenvalue weighted by atomic mass is 9.84. The van der Waals surface area contributed by atoms with E-state index in [2.05, 4.69) is 46.8 Å². The first-order valence-electron chi connectivity index (χ1n) is 8.36. The number of aliphatic imine (C=N–C) groups is 1. The van der Waals surface area contributed by atoms with E-state index in [1.165, 1.54) is 11.1 Å². The highest BCUT2D eigenvalue weighted by Gasteiger charge is 2.34. The predicted octanol–water partition coefficient (Wildman–Crippen LogP) is 1.49. The maximum absolute atomic E-state index is 9.27. The van der Waals surface area contributed by atoms with Crippen molar-refractivity contribution in [3.8, 4) is 0 Å². The minimum absolute atomic E-state index is 0.0307. The van der Waals surface area contributed by atoms with Gasteiger partial charge in [0.25, 0.3) is 0 Å². The molecule has 0 spiro atoms. The summed E-state index contributed by atoms with van der Waals surface area (Å²) in [6, 6.07) is 8.57. The number of aliphatic hydroxyl groups is 1. The van der Waals surface area contributed by atoms with Crippen LogP contribution < -0.4 is 10.6 Å². The van der Waals surface area contributed by atoms with Crippen LogP contribution in [0.1, 0.15) is 24.0 Å². The molecule has 1 saturated heterocycles. The summed E-state index contributed by atoms with van der Waals surface area (Å²) in [5.74, 6) is 0.807. The van der Waals surface area contributed by atoms with E-state index in [0.29, 0.717) is 6.61 Å². The summed E-state index contributed by atoms with van der Waals surface area (Å²) in [6.45, 7) is 5.42. The highest BCUT2D eigenvalue weighted by Crippen LogP contribution is 2.31. The van der Waals surface area contributed by atoms with Crippen molar-refractivity contribution in [3.05, 3.63) is 35.4 Å². The number of hydrogen-bond acceptors (Lipinski definition) is 3. The molecule has 3 N–H and O–H groups in total. The zero-order valence-corrected chi connectivity index (χ0v) is 14.3. The van der Waals surface area contributed by atoms with Crippen LogP contribution in [-0.4, -0.2) is 51.0 Å². The molecule has 1 aromatic rings. The number of benzene rings is 1. The Kier molecular flexibility index (Phi) is 6.86. The summed E-state index contributed by atoms with van der Waals surface area (Å²) in [4.78, 5) is 4.28. The predicted molar refractivity (Wildman–Crippen MR) is 93.8 cm³/mol. The van der Waals surface area contributed by atoms with Crippen molar-refractivity contribution in [1.82, 2.24) is 10.6 Å². The van der Waals surface area contributed by atoms with Gasteiger partial charge in [-0.2, -0.15) is 0 Å². The van der Waals surface area contributed by atoms with Crippen LogP contribution in [0.4, 0.5) is 0 Å². The molecule has 2 rings (SSSR count). The number of rotatable bonds is 7. The number of nitrogens with one attached hydrogen (secondary N) is 2. The molecule has 5 heteroatoms. The zero-order chi connectivity index (χ0) is 16.5. The molecule has 5 nitrogen and oxygen atoms in total. The highest BCUT2D eigenvalue weighted by molar-refractivity contribution is 5.79. The van der Waals surface area contributed by atoms with Gasteiger partial charge in [0.2, 0.25) is 0 Å². The molecule has 1 aromatic carbocycles. The SMILES string of the molecule is CN=C(NCCc1cccc(C)c1)NCC1(CCO)CCOC1. The van der Waals surface area contributed by atoms with Gasteiger partial charge >= 0.3 is 0 Å². The Labute approximate surface area is 139 Å². The van der Waals surface area contributed by atoms with Crippen molar-refractivity contribution < 1.29 is 9.84 Å². The topological polar surface area (TPSA) is 65.9 Å². The van der Waals surface area contributed by atoms with Gasteiger partial charge < -0.3 is 20.5 Å². The van der Waals surface area contributed by atoms with Gasteiger partial charge in [-0.1, -0.05) is 29.8 Å². The van der Waals surface area contributed by atoms with Gasteiger partial charge in [-0.05, 0) is 31.7 Å². The van der Waals surface area contributed by atoms with E-state index in [1.54, 1.807) is 7.05 Å². The molecule has 0 amide bonds. The van der Waals surface area contributed by atoms with Gasteiger partial charge in [-0.15, -0.1) is 0 Å². The van der Waals surface area contributed by atoms with E-state index in [4.69, 9.17) is 4.74 Å². The first-order valence-corrected chi connectivity index (χ1v) is 8.36. The third-order valence-corrected chi connectivity index (χ3v) is 4.47. The van der Waals surface area contributed by atoms with Gasteiger partial charge in [-0.3, -0.25) is 4.99 Å². The fourth-order valence-corrected chi connectivity index (χ4v) is 3.00. The lowest BCUT2D eigenvalue weighted by Gasteiger charge is -2.27. The molecule has 128 valence electrons. The van der Waals surface area contributed by atoms with Gasteiger partial charge in [0.05, 0.1) is 6.61 Å². The lowest BCUT2D eigenvalue weighted by molar-refractivity contribution is 0.127. The van der Waals surface area contributed by atoms with Gasteiger partial charge in [0.1, 0.15) is 0 Å². The summed E-state index contributed by atoms with van der Waals surface area (Å²) in [6.07, 6.45) is 2.72. The summed E-state index contributed by atoms with van der Waals surface area (Å²) in [7, 11) is 1.78. The van der Waals surface area contributed by atoms with E-state index in [-0.39, 0.29) is 12.0 Å². The molecule has 1 atom stereocenters. The standard InChI is InChI=1S/C18H29N3O2/c1-15-4-3-5-16(12-15)6-9-20-17(19-2)21-13-18(7-10-22)8-11-23-14-18/h3-5,12,22H,6-11,13-14H2,1-2H3,(H2,19,20,21). The Morgan fingerprint density at radius 1 is 1.39 bits per heavy atom. The van der Waals surface area contributed by atoms with Crippen LogP contribution in [0, 0.1) is 12.3 Å². The maximum Gasteiger partial charge on any atom is 0.191 e. The average molecular weight is 319 g/mol. The minimum atomic E-state index is 0.0307. The molecule has 0 saturated carbocycles. The molecular formula is C18H29N3O2. The molecule has 1 aliphatic rings. The molecule has 0 bridgehead atoms. The number of guanidine groups is 1. The normalized spacial score (nSPS) is 21.4. The Morgan fingerprint density at radius 2 is 2.26 bits per heavy atom. The molecule has 1 unspecified atom stereocenters. The van der Waals surface area contributed by atoms with Crippen molar-refractivity contribution in [2.75, 3.05) is 40.0 Å². The third kappa shape index (κ3) is 5.52. The van der Waals surface area contributed by atoms with E-state index < -0.39 is 0 Å². The van der Waals surface area contributed by atoms with Crippen LogP contribution >= 0.6 is 0 Å². The van der Waals surface area contributed by atoms with E-state index >= 15 is 0 Å². The first kappa shape index (κ1) is 17.8. The molecule has 0 radical (unpaired) electrons. The number of nitrogens with zero attached hydrogens (tertiary/aromatic N) is 1. The van der Waals surface area contributed by atoms with Crippen molar-refractivity contribution >= 4 is 5.96 Å². The minimum Gasteiger partial charge on any atom is -0.396 e. The Hall–Kier alpha value is -1.59. The summed E-state index contributed by atoms with van der Waals surface area (Å²) >= 11 is 0. The highest BCUT2D eigenvalue weighted by atomic mass is 16.5. The van der Waals surface area contributed by atoms with Gasteiger partial charge in [0.15, 0.2) is 5.96 Å². The first-order chi connectivity index (χ1) is 11.2. The molecule has 1 fully saturated rings. The fraction of sp³-hybridized carbons (Fsp3) is 0.611. The number of aryl methyl sites for hydroxylation is 1. The third-order valence-electron chi connectivity index (χ3n) is 4.47. The molecular weight excluding hydrogens is 290 g/mol. The fourth-order valence-electron chi connectivity index (χ4n) is 3.00. The summed E-state index contributed by atoms with van der Waals surface area (Å²) < 4.78 is 5.52. The van der Waals surface area contributed by atoms with Crippen LogP contribution in [0.15, 0.2) is 29.3 Å². The van der Waals surface area contributed by atoms with Crippen LogP contribution in [-0.2, 0) is 11.2 Å². The second-order valence-electron chi connectivity index (χ2n) is 6.37. The van der Waals surface area contributed by atoms with Crippen molar-refractivity contribution in [2.45, 2.75) is 26.2 Å². The largest absolute Gasteiger partial charge is 0.396 e. The van der Waals surface area contributed by atoms with Crippen molar-refractivity contribution in [1.29, 1.82) is 0 Å². The van der Waals surface area contributed by atoms with Crippen LogP contribution in [0.5, 0.6) is 0 Å². The molecule has 0 aliphatic carbocycles. The molecule has 1 heterocycles. The monoisotopic (exact) mass is 319 g/mol. The van der Waals surface area contributed by atoms with Crippen molar-refractivity contribution in [2.24, 2.45) is 10.4 Å². The second-order valence-corrected chi connectivity index (χ2v) is 6.37. The quantitative estimate of drug-likeness (QED) is 0.526. The van der Waals surface area contributed by atoms with Crippen molar-refractivity contribution in [3.63, 3.8) is 0 Å². The Bertz CT molecular complexity index is 511. The number of hydrogen-bond donors (Lipinski definition) is 3. The summed E-state index contributed by atoms with van der Waals surface area (Å²) in [5, 5.41) is 16.0. The van der Waals surface area contributed by atoms with Gasteiger partial charge in [-0.25, -0.2) is 0 Å². The molecule has 23 heavy (non-hydrogen) atoms. The van der Waals surface area contributed by atoms with Crippen LogP contribution in [0.25, 0.3) is 0 Å². The van der Waals surface area contributed by atoms with Crippen LogP contribution in [0.3, 0.4) is 0 Å². The second kappa shape index (κ2) is 8.89. The van der Waals surface area contributed by atoms with Gasteiger partial charge in [0, 0.05) is 38.8 Å². The number of aliphatic hydroxyl groups excluding tert-OH is 1. The van der Waals surface area contributed by atoms with E-state index in [1.807, 2.05) is 0 Å². The summed E-state index contributed by atoms with van der Waals surface area (Å²) in [5.41, 5.74) is 2.65. The maximum atomic E-state index is 9.27. The Morgan fingerprint density at radius 3 is 2.91 bits per heavy atom. The zero-order valence-electron chi connectivity index (χ0n) is 14.3. The Balaban J connectivity index is 1.77. The molecule has 0 aromatic heterocycles. The lowest BCUT2D eigenvalue weighted by Crippen LogP contribution is -2.45. The van der Waals surface area contributed by atoms with Crippen LogP contribution in [0.2, 0.25) is 0 Å². The number of ether oxygens (including phenoxy) is 1. The smallest absolute Gasteiger partial charge is 0.191 e. The molecule has 1 aliphatic heterocycles. The van der Waals surface area contributed by atoms with E-state index in [0.717, 1.165) is 44.9 Å². The van der Waals surface area contributed by atoms with E-state index in [9.17, 15) is 5.11 Å².